The van der Waals surface area contributed by atoms with Crippen molar-refractivity contribution in [3.8, 4) is 0 Å². The maximum absolute atomic E-state index is 14.2. The number of fused-ring (bicyclic) bond motifs is 1. The van der Waals surface area contributed by atoms with Crippen LogP contribution >= 0.6 is 0 Å². The number of methoxy groups -OCH3 is 1. The number of aromatic nitrogens is 2. The van der Waals surface area contributed by atoms with Gasteiger partial charge in [-0.2, -0.15) is 0 Å². The molecule has 1 atom stereocenters. The van der Waals surface area contributed by atoms with Gasteiger partial charge in [-0.25, -0.2) is 9.37 Å². The minimum atomic E-state index is -0.543. The minimum absolute atomic E-state index is 0.0453. The number of hydrogen-bond donors (Lipinski definition) is 1. The number of carbonyl (C=O) groups is 1. The highest BCUT2D eigenvalue weighted by molar-refractivity contribution is 5.97. The lowest BCUT2D eigenvalue weighted by Gasteiger charge is -2.35. The van der Waals surface area contributed by atoms with Gasteiger partial charge in [-0.05, 0) is 12.5 Å². The number of amides is 1. The van der Waals surface area contributed by atoms with Crippen LogP contribution in [0.3, 0.4) is 0 Å². The number of ether oxygens (including phenoxy) is 2. The Morgan fingerprint density at radius 2 is 2.45 bits per heavy atom. The maximum Gasteiger partial charge on any atom is 0.257 e. The molecule has 1 amide bonds. The normalized spacial score (nSPS) is 18.8. The van der Waals surface area contributed by atoms with Crippen LogP contribution in [-0.4, -0.2) is 60.3 Å². The number of imidazole rings is 1. The Labute approximate surface area is 127 Å². The number of aromatic amines is 1. The summed E-state index contributed by atoms with van der Waals surface area (Å²) in [6.07, 6.45) is 2.14. The molecule has 2 heterocycles. The van der Waals surface area contributed by atoms with Crippen molar-refractivity contribution in [2.75, 3.05) is 33.5 Å². The predicted molar refractivity (Wildman–Crippen MR) is 78.2 cm³/mol. The van der Waals surface area contributed by atoms with E-state index in [0.29, 0.717) is 43.8 Å². The van der Waals surface area contributed by atoms with E-state index in [4.69, 9.17) is 9.47 Å². The Balaban J connectivity index is 1.87. The number of nitrogens with one attached hydrogen (secondary N) is 1. The lowest BCUT2D eigenvalue weighted by molar-refractivity contribution is -0.0106. The zero-order valence-corrected chi connectivity index (χ0v) is 12.3. The standard InChI is InChI=1S/C15H18FN3O3/c1-21-4-2-10-8-22-5-3-19(10)15(20)11-6-13-14(7-12(11)16)18-9-17-13/h6-7,9-10H,2-5,8H2,1H3,(H,17,18). The molecule has 1 aliphatic rings. The van der Waals surface area contributed by atoms with Crippen LogP contribution < -0.4 is 0 Å². The van der Waals surface area contributed by atoms with E-state index < -0.39 is 5.82 Å². The van der Waals surface area contributed by atoms with Crippen molar-refractivity contribution in [1.29, 1.82) is 0 Å². The van der Waals surface area contributed by atoms with E-state index in [1.165, 1.54) is 18.5 Å². The Kier molecular flexibility index (Phi) is 4.35. The fraction of sp³-hybridized carbons (Fsp3) is 0.467. The largest absolute Gasteiger partial charge is 0.385 e. The molecule has 1 N–H and O–H groups in total. The second-order valence-corrected chi connectivity index (χ2v) is 5.26. The van der Waals surface area contributed by atoms with Gasteiger partial charge in [0, 0.05) is 26.3 Å². The molecule has 3 rings (SSSR count). The van der Waals surface area contributed by atoms with Gasteiger partial charge in [0.25, 0.3) is 5.91 Å². The molecule has 1 saturated heterocycles. The van der Waals surface area contributed by atoms with Crippen molar-refractivity contribution in [3.05, 3.63) is 29.8 Å². The van der Waals surface area contributed by atoms with E-state index >= 15 is 0 Å². The molecule has 7 heteroatoms. The van der Waals surface area contributed by atoms with E-state index in [-0.39, 0.29) is 17.5 Å². The summed E-state index contributed by atoms with van der Waals surface area (Å²) in [5.41, 5.74) is 1.20. The van der Waals surface area contributed by atoms with E-state index in [0.717, 1.165) is 0 Å². The van der Waals surface area contributed by atoms with Crippen molar-refractivity contribution in [3.63, 3.8) is 0 Å². The topological polar surface area (TPSA) is 67.5 Å². The molecular weight excluding hydrogens is 289 g/mol. The summed E-state index contributed by atoms with van der Waals surface area (Å²) in [7, 11) is 1.61. The molecule has 1 aromatic carbocycles. The second-order valence-electron chi connectivity index (χ2n) is 5.26. The first kappa shape index (κ1) is 14.9. The average Bonchev–Trinajstić information content (AvgIpc) is 2.99. The third kappa shape index (κ3) is 2.82. The van der Waals surface area contributed by atoms with Gasteiger partial charge < -0.3 is 19.4 Å². The first-order chi connectivity index (χ1) is 10.7. The lowest BCUT2D eigenvalue weighted by atomic mass is 10.1. The highest BCUT2D eigenvalue weighted by Crippen LogP contribution is 2.21. The molecule has 1 aliphatic heterocycles. The van der Waals surface area contributed by atoms with Crippen LogP contribution in [0.2, 0.25) is 0 Å². The van der Waals surface area contributed by atoms with Crippen LogP contribution in [0.4, 0.5) is 4.39 Å². The fourth-order valence-electron chi connectivity index (χ4n) is 2.69. The Morgan fingerprint density at radius 1 is 1.59 bits per heavy atom. The predicted octanol–water partition coefficient (Wildman–Crippen LogP) is 1.58. The number of hydrogen-bond acceptors (Lipinski definition) is 4. The van der Waals surface area contributed by atoms with E-state index in [2.05, 4.69) is 9.97 Å². The third-order valence-electron chi connectivity index (χ3n) is 3.88. The smallest absolute Gasteiger partial charge is 0.257 e. The molecule has 2 aromatic rings. The van der Waals surface area contributed by atoms with Gasteiger partial charge in [0.15, 0.2) is 0 Å². The summed E-state index contributed by atoms with van der Waals surface area (Å²) in [6, 6.07) is 2.70. The zero-order chi connectivity index (χ0) is 15.5. The number of H-pyrrole nitrogens is 1. The maximum atomic E-state index is 14.2. The molecule has 118 valence electrons. The second kappa shape index (κ2) is 6.41. The van der Waals surface area contributed by atoms with Crippen LogP contribution in [0.25, 0.3) is 11.0 Å². The molecule has 22 heavy (non-hydrogen) atoms. The number of benzene rings is 1. The van der Waals surface area contributed by atoms with Crippen molar-refractivity contribution in [1.82, 2.24) is 14.9 Å². The number of rotatable bonds is 4. The quantitative estimate of drug-likeness (QED) is 0.931. The first-order valence-electron chi connectivity index (χ1n) is 7.21. The Morgan fingerprint density at radius 3 is 3.27 bits per heavy atom. The summed E-state index contributed by atoms with van der Waals surface area (Å²) >= 11 is 0. The van der Waals surface area contributed by atoms with Gasteiger partial charge in [-0.3, -0.25) is 4.79 Å². The molecule has 0 aliphatic carbocycles. The minimum Gasteiger partial charge on any atom is -0.385 e. The van der Waals surface area contributed by atoms with Gasteiger partial charge in [-0.1, -0.05) is 0 Å². The molecule has 1 unspecified atom stereocenters. The van der Waals surface area contributed by atoms with Gasteiger partial charge in [0.05, 0.1) is 42.2 Å². The SMILES string of the molecule is COCCC1COCCN1C(=O)c1cc2nc[nH]c2cc1F. The fourth-order valence-corrected chi connectivity index (χ4v) is 2.69. The summed E-state index contributed by atoms with van der Waals surface area (Å²) in [4.78, 5) is 21.3. The Bertz CT molecular complexity index is 673. The highest BCUT2D eigenvalue weighted by atomic mass is 19.1. The third-order valence-corrected chi connectivity index (χ3v) is 3.88. The van der Waals surface area contributed by atoms with Crippen LogP contribution in [0.15, 0.2) is 18.5 Å². The van der Waals surface area contributed by atoms with Crippen LogP contribution in [0.5, 0.6) is 0 Å². The monoisotopic (exact) mass is 307 g/mol. The van der Waals surface area contributed by atoms with E-state index in [1.807, 2.05) is 0 Å². The summed E-state index contributed by atoms with van der Waals surface area (Å²) in [5, 5.41) is 0. The van der Waals surface area contributed by atoms with Gasteiger partial charge in [-0.15, -0.1) is 0 Å². The summed E-state index contributed by atoms with van der Waals surface area (Å²) in [5.74, 6) is -0.870. The molecule has 0 radical (unpaired) electrons. The van der Waals surface area contributed by atoms with Crippen molar-refractivity contribution >= 4 is 16.9 Å². The summed E-state index contributed by atoms with van der Waals surface area (Å²) < 4.78 is 24.7. The van der Waals surface area contributed by atoms with Crippen LogP contribution in [0.1, 0.15) is 16.8 Å². The molecule has 0 spiro atoms. The van der Waals surface area contributed by atoms with E-state index in [1.54, 1.807) is 12.0 Å². The number of nitrogens with zero attached hydrogens (tertiary/aromatic N) is 2. The van der Waals surface area contributed by atoms with Gasteiger partial charge in [0.2, 0.25) is 0 Å². The van der Waals surface area contributed by atoms with Crippen molar-refractivity contribution < 1.29 is 18.7 Å². The molecule has 1 aromatic heterocycles. The zero-order valence-electron chi connectivity index (χ0n) is 12.3. The molecule has 0 saturated carbocycles. The Hall–Kier alpha value is -1.99. The average molecular weight is 307 g/mol. The van der Waals surface area contributed by atoms with E-state index in [9.17, 15) is 9.18 Å². The lowest BCUT2D eigenvalue weighted by Crippen LogP contribution is -2.49. The van der Waals surface area contributed by atoms with Crippen molar-refractivity contribution in [2.24, 2.45) is 0 Å². The number of carbonyl (C=O) groups excluding carboxylic acids is 1. The first-order valence-corrected chi connectivity index (χ1v) is 7.21. The summed E-state index contributed by atoms with van der Waals surface area (Å²) in [6.45, 7) is 1.88. The van der Waals surface area contributed by atoms with Gasteiger partial charge in [0.1, 0.15) is 5.82 Å². The van der Waals surface area contributed by atoms with Crippen LogP contribution in [0, 0.1) is 5.82 Å². The molecular formula is C15H18FN3O3. The van der Waals surface area contributed by atoms with Gasteiger partial charge >= 0.3 is 0 Å². The number of morpholine rings is 1. The highest BCUT2D eigenvalue weighted by Gasteiger charge is 2.29. The van der Waals surface area contributed by atoms with Crippen molar-refractivity contribution in [2.45, 2.75) is 12.5 Å². The number of halogens is 1. The molecule has 0 bridgehead atoms. The molecule has 6 nitrogen and oxygen atoms in total. The molecule has 1 fully saturated rings. The van der Waals surface area contributed by atoms with Crippen LogP contribution in [-0.2, 0) is 9.47 Å².